The molecule has 0 N–H and O–H groups in total. The van der Waals surface area contributed by atoms with Crippen LogP contribution in [0.1, 0.15) is 39.2 Å². The molecule has 0 aromatic heterocycles. The number of ether oxygens (including phenoxy) is 1. The molecule has 0 spiro atoms. The van der Waals surface area contributed by atoms with E-state index in [4.69, 9.17) is 16.3 Å². The standard InChI is InChI=1S/C22H26ClFO2/c1-4-26-22(25)16(3)13-15(2)5-6-17-7-9-18(10-8-17)20-14-19(23)11-12-21(20)24/h7-12,14-16H,4-6,13H2,1-3H3. The average Bonchev–Trinajstić information content (AvgIpc) is 2.62. The maximum atomic E-state index is 14.0. The summed E-state index contributed by atoms with van der Waals surface area (Å²) in [6, 6.07) is 12.5. The highest BCUT2D eigenvalue weighted by atomic mass is 35.5. The highest BCUT2D eigenvalue weighted by Gasteiger charge is 2.17. The van der Waals surface area contributed by atoms with Gasteiger partial charge in [-0.2, -0.15) is 0 Å². The SMILES string of the molecule is CCOC(=O)C(C)CC(C)CCc1ccc(-c2cc(Cl)ccc2F)cc1. The number of rotatable bonds is 8. The molecular weight excluding hydrogens is 351 g/mol. The van der Waals surface area contributed by atoms with Gasteiger partial charge in [0.1, 0.15) is 5.82 Å². The molecule has 2 unspecified atom stereocenters. The smallest absolute Gasteiger partial charge is 0.308 e. The van der Waals surface area contributed by atoms with Crippen molar-refractivity contribution < 1.29 is 13.9 Å². The van der Waals surface area contributed by atoms with Gasteiger partial charge in [-0.05, 0) is 61.4 Å². The summed E-state index contributed by atoms with van der Waals surface area (Å²) in [5.74, 6) is -0.0337. The van der Waals surface area contributed by atoms with E-state index in [9.17, 15) is 9.18 Å². The molecule has 2 rings (SSSR count). The van der Waals surface area contributed by atoms with Crippen LogP contribution in [0, 0.1) is 17.7 Å². The molecule has 140 valence electrons. The Morgan fingerprint density at radius 3 is 2.50 bits per heavy atom. The summed E-state index contributed by atoms with van der Waals surface area (Å²) in [4.78, 5) is 11.7. The number of benzene rings is 2. The number of aryl methyl sites for hydroxylation is 1. The maximum absolute atomic E-state index is 14.0. The van der Waals surface area contributed by atoms with Crippen LogP contribution in [0.25, 0.3) is 11.1 Å². The second-order valence-electron chi connectivity index (χ2n) is 6.85. The normalized spacial score (nSPS) is 13.3. The fraction of sp³-hybridized carbons (Fsp3) is 0.409. The summed E-state index contributed by atoms with van der Waals surface area (Å²) in [7, 11) is 0. The molecule has 0 saturated carbocycles. The summed E-state index contributed by atoms with van der Waals surface area (Å²) >= 11 is 5.97. The van der Waals surface area contributed by atoms with Gasteiger partial charge in [-0.3, -0.25) is 4.79 Å². The Hall–Kier alpha value is -1.87. The molecule has 0 bridgehead atoms. The maximum Gasteiger partial charge on any atom is 0.308 e. The van der Waals surface area contributed by atoms with Gasteiger partial charge in [-0.1, -0.05) is 49.7 Å². The predicted molar refractivity (Wildman–Crippen MR) is 105 cm³/mol. The fourth-order valence-corrected chi connectivity index (χ4v) is 3.26. The van der Waals surface area contributed by atoms with E-state index < -0.39 is 0 Å². The topological polar surface area (TPSA) is 26.3 Å². The molecule has 0 aliphatic heterocycles. The molecule has 0 amide bonds. The Morgan fingerprint density at radius 1 is 1.15 bits per heavy atom. The van der Waals surface area contributed by atoms with Crippen molar-refractivity contribution in [2.24, 2.45) is 11.8 Å². The molecule has 26 heavy (non-hydrogen) atoms. The van der Waals surface area contributed by atoms with Crippen molar-refractivity contribution in [3.63, 3.8) is 0 Å². The lowest BCUT2D eigenvalue weighted by molar-refractivity contribution is -0.147. The molecular formula is C22H26ClFO2. The van der Waals surface area contributed by atoms with Gasteiger partial charge in [0.05, 0.1) is 12.5 Å². The first-order valence-electron chi connectivity index (χ1n) is 9.11. The third kappa shape index (κ3) is 5.84. The van der Waals surface area contributed by atoms with Gasteiger partial charge in [0.25, 0.3) is 0 Å². The van der Waals surface area contributed by atoms with Gasteiger partial charge >= 0.3 is 5.97 Å². The average molecular weight is 377 g/mol. The molecule has 2 aromatic carbocycles. The Morgan fingerprint density at radius 2 is 1.85 bits per heavy atom. The third-order valence-corrected chi connectivity index (χ3v) is 4.80. The van der Waals surface area contributed by atoms with Crippen LogP contribution >= 0.6 is 11.6 Å². The lowest BCUT2D eigenvalue weighted by Gasteiger charge is -2.16. The molecule has 0 heterocycles. The Balaban J connectivity index is 1.91. The highest BCUT2D eigenvalue weighted by Crippen LogP contribution is 2.27. The van der Waals surface area contributed by atoms with Gasteiger partial charge in [0.15, 0.2) is 0 Å². The molecule has 4 heteroatoms. The number of hydrogen-bond acceptors (Lipinski definition) is 2. The van der Waals surface area contributed by atoms with E-state index in [1.54, 1.807) is 12.1 Å². The van der Waals surface area contributed by atoms with Crippen molar-refractivity contribution in [3.8, 4) is 11.1 Å². The van der Waals surface area contributed by atoms with Crippen LogP contribution in [0.5, 0.6) is 0 Å². The van der Waals surface area contributed by atoms with Crippen molar-refractivity contribution in [3.05, 3.63) is 58.9 Å². The molecule has 0 aliphatic carbocycles. The van der Waals surface area contributed by atoms with Gasteiger partial charge in [0.2, 0.25) is 0 Å². The van der Waals surface area contributed by atoms with Crippen molar-refractivity contribution in [1.82, 2.24) is 0 Å². The number of carbonyl (C=O) groups excluding carboxylic acids is 1. The second-order valence-corrected chi connectivity index (χ2v) is 7.29. The molecule has 2 nitrogen and oxygen atoms in total. The summed E-state index contributed by atoms with van der Waals surface area (Å²) in [6.07, 6.45) is 2.74. The molecule has 2 aromatic rings. The molecule has 2 atom stereocenters. The lowest BCUT2D eigenvalue weighted by Crippen LogP contribution is -2.17. The Kier molecular flexibility index (Phi) is 7.65. The van der Waals surface area contributed by atoms with E-state index in [0.29, 0.717) is 23.1 Å². The van der Waals surface area contributed by atoms with E-state index in [0.717, 1.165) is 24.8 Å². The van der Waals surface area contributed by atoms with E-state index >= 15 is 0 Å². The van der Waals surface area contributed by atoms with Gasteiger partial charge < -0.3 is 4.74 Å². The van der Waals surface area contributed by atoms with E-state index in [2.05, 4.69) is 6.92 Å². The van der Waals surface area contributed by atoms with Crippen LogP contribution in [0.2, 0.25) is 5.02 Å². The van der Waals surface area contributed by atoms with E-state index in [1.165, 1.54) is 11.6 Å². The van der Waals surface area contributed by atoms with Crippen LogP contribution < -0.4 is 0 Å². The second kappa shape index (κ2) is 9.72. The zero-order valence-corrected chi connectivity index (χ0v) is 16.4. The summed E-state index contributed by atoms with van der Waals surface area (Å²) in [5, 5.41) is 0.523. The molecule has 0 saturated heterocycles. The van der Waals surface area contributed by atoms with Gasteiger partial charge in [-0.25, -0.2) is 4.39 Å². The molecule has 0 fully saturated rings. The minimum absolute atomic E-state index is 0.0712. The molecule has 0 radical (unpaired) electrons. The highest BCUT2D eigenvalue weighted by molar-refractivity contribution is 6.30. The van der Waals surface area contributed by atoms with E-state index in [-0.39, 0.29) is 17.7 Å². The summed E-state index contributed by atoms with van der Waals surface area (Å²) in [5.41, 5.74) is 2.53. The van der Waals surface area contributed by atoms with Crippen LogP contribution in [0.4, 0.5) is 4.39 Å². The molecule has 0 aliphatic rings. The van der Waals surface area contributed by atoms with Crippen molar-refractivity contribution in [1.29, 1.82) is 0 Å². The predicted octanol–water partition coefficient (Wildman–Crippen LogP) is 6.30. The number of halogens is 2. The van der Waals surface area contributed by atoms with Crippen molar-refractivity contribution in [2.45, 2.75) is 40.0 Å². The number of hydrogen-bond donors (Lipinski definition) is 0. The zero-order chi connectivity index (χ0) is 19.1. The van der Waals surface area contributed by atoms with Crippen LogP contribution in [-0.2, 0) is 16.0 Å². The van der Waals surface area contributed by atoms with Crippen LogP contribution in [0.3, 0.4) is 0 Å². The summed E-state index contributed by atoms with van der Waals surface area (Å²) < 4.78 is 19.0. The van der Waals surface area contributed by atoms with Crippen molar-refractivity contribution >= 4 is 17.6 Å². The lowest BCUT2D eigenvalue weighted by atomic mass is 9.91. The summed E-state index contributed by atoms with van der Waals surface area (Å²) in [6.45, 7) is 6.33. The third-order valence-electron chi connectivity index (χ3n) is 4.56. The monoisotopic (exact) mass is 376 g/mol. The minimum Gasteiger partial charge on any atom is -0.466 e. The Bertz CT molecular complexity index is 727. The minimum atomic E-state index is -0.274. The first-order valence-corrected chi connectivity index (χ1v) is 9.49. The van der Waals surface area contributed by atoms with Gasteiger partial charge in [-0.15, -0.1) is 0 Å². The Labute approximate surface area is 160 Å². The quantitative estimate of drug-likeness (QED) is 0.505. The fourth-order valence-electron chi connectivity index (χ4n) is 3.08. The number of esters is 1. The first-order chi connectivity index (χ1) is 12.4. The van der Waals surface area contributed by atoms with E-state index in [1.807, 2.05) is 38.1 Å². The largest absolute Gasteiger partial charge is 0.466 e. The number of carbonyl (C=O) groups is 1. The van der Waals surface area contributed by atoms with Crippen molar-refractivity contribution in [2.75, 3.05) is 6.61 Å². The zero-order valence-electron chi connectivity index (χ0n) is 15.6. The first kappa shape index (κ1) is 20.4. The van der Waals surface area contributed by atoms with Crippen LogP contribution in [0.15, 0.2) is 42.5 Å². The van der Waals surface area contributed by atoms with Crippen LogP contribution in [-0.4, -0.2) is 12.6 Å². The van der Waals surface area contributed by atoms with Gasteiger partial charge in [0, 0.05) is 10.6 Å².